The number of halogens is 1. The van der Waals surface area contributed by atoms with E-state index < -0.39 is 10.0 Å². The average Bonchev–Trinajstić information content (AvgIpc) is 2.85. The molecule has 3 aromatic rings. The summed E-state index contributed by atoms with van der Waals surface area (Å²) in [6, 6.07) is 7.27. The van der Waals surface area contributed by atoms with Gasteiger partial charge in [-0.25, -0.2) is 18.1 Å². The van der Waals surface area contributed by atoms with Gasteiger partial charge in [0.25, 0.3) is 0 Å². The molecule has 0 fully saturated rings. The van der Waals surface area contributed by atoms with Crippen LogP contribution >= 0.6 is 11.6 Å². The van der Waals surface area contributed by atoms with Crippen molar-refractivity contribution >= 4 is 27.3 Å². The highest BCUT2D eigenvalue weighted by atomic mass is 35.5. The van der Waals surface area contributed by atoms with E-state index in [1.807, 2.05) is 32.9 Å². The minimum Gasteiger partial charge on any atom is -0.305 e. The molecule has 5 nitrogen and oxygen atoms in total. The Balaban J connectivity index is 1.87. The standard InChI is InChI=1S/C17H18ClN3O2S/c1-11-6-12(2)17(13(3)7-11)24(22,23)19-8-15-10-21-9-14(18)4-5-16(21)20-15/h4-7,9-10,19H,8H2,1-3H3. The highest BCUT2D eigenvalue weighted by Crippen LogP contribution is 2.22. The Labute approximate surface area is 146 Å². The molecule has 0 bridgehead atoms. The van der Waals surface area contributed by atoms with Crippen molar-refractivity contribution in [3.63, 3.8) is 0 Å². The third kappa shape index (κ3) is 3.31. The van der Waals surface area contributed by atoms with E-state index in [0.29, 0.717) is 15.6 Å². The molecule has 24 heavy (non-hydrogen) atoms. The van der Waals surface area contributed by atoms with Gasteiger partial charge in [-0.15, -0.1) is 0 Å². The lowest BCUT2D eigenvalue weighted by Crippen LogP contribution is -2.25. The van der Waals surface area contributed by atoms with Gasteiger partial charge in [0.1, 0.15) is 5.65 Å². The van der Waals surface area contributed by atoms with Crippen LogP contribution in [0.5, 0.6) is 0 Å². The first-order chi connectivity index (χ1) is 11.3. The maximum atomic E-state index is 12.7. The topological polar surface area (TPSA) is 63.5 Å². The summed E-state index contributed by atoms with van der Waals surface area (Å²) in [5, 5.41) is 0.595. The summed E-state index contributed by atoms with van der Waals surface area (Å²) >= 11 is 5.95. The number of aryl methyl sites for hydroxylation is 3. The third-order valence-corrected chi connectivity index (χ3v) is 5.71. The van der Waals surface area contributed by atoms with Gasteiger partial charge < -0.3 is 4.40 Å². The number of aromatic nitrogens is 2. The minimum absolute atomic E-state index is 0.119. The van der Waals surface area contributed by atoms with Crippen LogP contribution in [0.1, 0.15) is 22.4 Å². The first-order valence-electron chi connectivity index (χ1n) is 7.47. The highest BCUT2D eigenvalue weighted by Gasteiger charge is 2.20. The van der Waals surface area contributed by atoms with Crippen molar-refractivity contribution in [2.45, 2.75) is 32.2 Å². The van der Waals surface area contributed by atoms with Crippen LogP contribution in [0, 0.1) is 20.8 Å². The summed E-state index contributed by atoms with van der Waals surface area (Å²) in [5.41, 5.74) is 3.87. The number of nitrogens with one attached hydrogen (secondary N) is 1. The molecule has 3 rings (SSSR count). The molecule has 0 amide bonds. The van der Waals surface area contributed by atoms with Crippen molar-refractivity contribution in [3.8, 4) is 0 Å². The van der Waals surface area contributed by atoms with Crippen LogP contribution in [0.15, 0.2) is 41.6 Å². The Morgan fingerprint density at radius 3 is 2.46 bits per heavy atom. The van der Waals surface area contributed by atoms with Gasteiger partial charge in [-0.1, -0.05) is 29.3 Å². The molecule has 1 aromatic carbocycles. The van der Waals surface area contributed by atoms with Crippen LogP contribution in [-0.2, 0) is 16.6 Å². The number of nitrogens with zero attached hydrogens (tertiary/aromatic N) is 2. The summed E-state index contributed by atoms with van der Waals surface area (Å²) in [7, 11) is -3.61. The Kier molecular flexibility index (Phi) is 4.38. The fraction of sp³-hybridized carbons (Fsp3) is 0.235. The fourth-order valence-electron chi connectivity index (χ4n) is 2.93. The summed E-state index contributed by atoms with van der Waals surface area (Å²) in [6.45, 7) is 5.68. The maximum absolute atomic E-state index is 12.7. The highest BCUT2D eigenvalue weighted by molar-refractivity contribution is 7.89. The number of imidazole rings is 1. The number of rotatable bonds is 4. The third-order valence-electron chi connectivity index (χ3n) is 3.78. The molecule has 0 atom stereocenters. The van der Waals surface area contributed by atoms with Gasteiger partial charge in [-0.3, -0.25) is 0 Å². The quantitative estimate of drug-likeness (QED) is 0.772. The molecule has 0 saturated heterocycles. The minimum atomic E-state index is -3.61. The van der Waals surface area contributed by atoms with E-state index in [9.17, 15) is 8.42 Å². The number of fused-ring (bicyclic) bond motifs is 1. The largest absolute Gasteiger partial charge is 0.305 e. The van der Waals surface area contributed by atoms with E-state index in [1.165, 1.54) is 0 Å². The molecular formula is C17H18ClN3O2S. The van der Waals surface area contributed by atoms with Gasteiger partial charge in [0, 0.05) is 12.4 Å². The molecule has 0 aliphatic carbocycles. The fourth-order valence-corrected chi connectivity index (χ4v) is 4.55. The molecule has 7 heteroatoms. The summed E-state index contributed by atoms with van der Waals surface area (Å²) < 4.78 is 29.7. The Morgan fingerprint density at radius 2 is 1.79 bits per heavy atom. The second-order valence-corrected chi connectivity index (χ2v) is 8.04. The number of pyridine rings is 1. The van der Waals surface area contributed by atoms with E-state index in [2.05, 4.69) is 9.71 Å². The summed E-state index contributed by atoms with van der Waals surface area (Å²) in [5.74, 6) is 0. The molecule has 126 valence electrons. The van der Waals surface area contributed by atoms with E-state index >= 15 is 0 Å². The lowest BCUT2D eigenvalue weighted by molar-refractivity contribution is 0.579. The second kappa shape index (κ2) is 6.20. The smallest absolute Gasteiger partial charge is 0.241 e. The van der Waals surface area contributed by atoms with Crippen molar-refractivity contribution in [2.24, 2.45) is 0 Å². The molecule has 0 radical (unpaired) electrons. The number of hydrogen-bond donors (Lipinski definition) is 1. The molecule has 0 spiro atoms. The van der Waals surface area contributed by atoms with Gasteiger partial charge >= 0.3 is 0 Å². The molecule has 0 saturated carbocycles. The number of hydrogen-bond acceptors (Lipinski definition) is 3. The van der Waals surface area contributed by atoms with Crippen LogP contribution in [0.2, 0.25) is 5.02 Å². The Hall–Kier alpha value is -1.89. The SMILES string of the molecule is Cc1cc(C)c(S(=O)(=O)NCc2cn3cc(Cl)ccc3n2)c(C)c1. The lowest BCUT2D eigenvalue weighted by atomic mass is 10.1. The summed E-state index contributed by atoms with van der Waals surface area (Å²) in [4.78, 5) is 4.72. The molecule has 2 heterocycles. The summed E-state index contributed by atoms with van der Waals surface area (Å²) in [6.07, 6.45) is 3.49. The zero-order valence-corrected chi connectivity index (χ0v) is 15.2. The maximum Gasteiger partial charge on any atom is 0.241 e. The van der Waals surface area contributed by atoms with Gasteiger partial charge in [-0.05, 0) is 44.0 Å². The number of benzene rings is 1. The van der Waals surface area contributed by atoms with E-state index in [1.54, 1.807) is 28.9 Å². The second-order valence-electron chi connectivity index (χ2n) is 5.90. The molecule has 1 N–H and O–H groups in total. The molecule has 2 aromatic heterocycles. The van der Waals surface area contributed by atoms with Crippen LogP contribution in [-0.4, -0.2) is 17.8 Å². The molecule has 0 aliphatic rings. The van der Waals surface area contributed by atoms with Gasteiger partial charge in [0.05, 0.1) is 22.2 Å². The lowest BCUT2D eigenvalue weighted by Gasteiger charge is -2.12. The molecule has 0 unspecified atom stereocenters. The molecule has 0 aliphatic heterocycles. The van der Waals surface area contributed by atoms with Crippen molar-refractivity contribution in [2.75, 3.05) is 0 Å². The molecular weight excluding hydrogens is 346 g/mol. The van der Waals surface area contributed by atoms with Gasteiger partial charge in [-0.2, -0.15) is 0 Å². The van der Waals surface area contributed by atoms with E-state index in [0.717, 1.165) is 22.3 Å². The first kappa shape index (κ1) is 17.0. The zero-order valence-electron chi connectivity index (χ0n) is 13.7. The van der Waals surface area contributed by atoms with Crippen LogP contribution in [0.4, 0.5) is 0 Å². The Morgan fingerprint density at radius 1 is 1.12 bits per heavy atom. The zero-order chi connectivity index (χ0) is 17.5. The first-order valence-corrected chi connectivity index (χ1v) is 9.33. The van der Waals surface area contributed by atoms with E-state index in [4.69, 9.17) is 11.6 Å². The van der Waals surface area contributed by atoms with Crippen molar-refractivity contribution in [1.29, 1.82) is 0 Å². The van der Waals surface area contributed by atoms with Gasteiger partial charge in [0.2, 0.25) is 10.0 Å². The van der Waals surface area contributed by atoms with Crippen LogP contribution in [0.25, 0.3) is 5.65 Å². The van der Waals surface area contributed by atoms with Crippen LogP contribution in [0.3, 0.4) is 0 Å². The van der Waals surface area contributed by atoms with Crippen molar-refractivity contribution in [1.82, 2.24) is 14.1 Å². The normalized spacial score (nSPS) is 12.0. The van der Waals surface area contributed by atoms with Gasteiger partial charge in [0.15, 0.2) is 0 Å². The van der Waals surface area contributed by atoms with Crippen molar-refractivity contribution in [3.05, 3.63) is 64.1 Å². The predicted octanol–water partition coefficient (Wildman–Crippen LogP) is 3.39. The van der Waals surface area contributed by atoms with Crippen LogP contribution < -0.4 is 4.72 Å². The number of sulfonamides is 1. The van der Waals surface area contributed by atoms with E-state index in [-0.39, 0.29) is 6.54 Å². The predicted molar refractivity (Wildman–Crippen MR) is 94.9 cm³/mol. The Bertz CT molecular complexity index is 1000. The monoisotopic (exact) mass is 363 g/mol. The average molecular weight is 364 g/mol. The van der Waals surface area contributed by atoms with Crippen molar-refractivity contribution < 1.29 is 8.42 Å².